The fourth-order valence-corrected chi connectivity index (χ4v) is 2.21. The van der Waals surface area contributed by atoms with E-state index in [0.717, 1.165) is 25.9 Å². The third kappa shape index (κ3) is 3.37. The van der Waals surface area contributed by atoms with Crippen LogP contribution in [0.1, 0.15) is 29.6 Å². The van der Waals surface area contributed by atoms with Crippen molar-refractivity contribution in [2.75, 3.05) is 18.9 Å². The van der Waals surface area contributed by atoms with Gasteiger partial charge in [0.1, 0.15) is 0 Å². The van der Waals surface area contributed by atoms with Gasteiger partial charge in [0.2, 0.25) is 0 Å². The molecule has 2 rings (SSSR count). The van der Waals surface area contributed by atoms with Crippen molar-refractivity contribution in [2.24, 2.45) is 0 Å². The van der Waals surface area contributed by atoms with Gasteiger partial charge in [0.15, 0.2) is 0 Å². The molecule has 1 unspecified atom stereocenters. The summed E-state index contributed by atoms with van der Waals surface area (Å²) in [5.74, 6) is -0.187. The number of amides is 1. The average Bonchev–Trinajstić information content (AvgIpc) is 2.85. The van der Waals surface area contributed by atoms with Crippen molar-refractivity contribution in [3.8, 4) is 0 Å². The fourth-order valence-electron chi connectivity index (χ4n) is 2.04. The quantitative estimate of drug-likeness (QED) is 0.823. The maximum Gasteiger partial charge on any atom is 0.253 e. The molecular weight excluding hydrogens is 252 g/mol. The largest absolute Gasteiger partial charge is 0.398 e. The molecule has 3 N–H and O–H groups in total. The molecule has 1 fully saturated rings. The van der Waals surface area contributed by atoms with Crippen LogP contribution in [0.2, 0.25) is 5.02 Å². The van der Waals surface area contributed by atoms with Gasteiger partial charge in [0.25, 0.3) is 5.91 Å². The van der Waals surface area contributed by atoms with Gasteiger partial charge in [-0.05, 0) is 37.5 Å². The maximum atomic E-state index is 11.9. The van der Waals surface area contributed by atoms with Gasteiger partial charge in [-0.2, -0.15) is 0 Å². The summed E-state index contributed by atoms with van der Waals surface area (Å²) in [4.78, 5) is 11.9. The van der Waals surface area contributed by atoms with Gasteiger partial charge >= 0.3 is 0 Å². The third-order valence-corrected chi connectivity index (χ3v) is 3.27. The van der Waals surface area contributed by atoms with Crippen molar-refractivity contribution < 1.29 is 9.53 Å². The smallest absolute Gasteiger partial charge is 0.253 e. The van der Waals surface area contributed by atoms with Crippen LogP contribution < -0.4 is 11.1 Å². The van der Waals surface area contributed by atoms with Gasteiger partial charge < -0.3 is 15.8 Å². The Hall–Kier alpha value is -1.26. The highest BCUT2D eigenvalue weighted by atomic mass is 35.5. The van der Waals surface area contributed by atoms with E-state index >= 15 is 0 Å². The van der Waals surface area contributed by atoms with Crippen LogP contribution in [0.5, 0.6) is 0 Å². The minimum Gasteiger partial charge on any atom is -0.398 e. The summed E-state index contributed by atoms with van der Waals surface area (Å²) in [5, 5.41) is 3.34. The van der Waals surface area contributed by atoms with E-state index in [1.54, 1.807) is 18.2 Å². The molecule has 0 aliphatic carbocycles. The second-order valence-electron chi connectivity index (χ2n) is 4.41. The van der Waals surface area contributed by atoms with Gasteiger partial charge in [0.05, 0.1) is 11.7 Å². The van der Waals surface area contributed by atoms with Crippen LogP contribution in [0, 0.1) is 0 Å². The number of anilines is 1. The number of nitrogens with one attached hydrogen (secondary N) is 1. The van der Waals surface area contributed by atoms with E-state index in [-0.39, 0.29) is 12.0 Å². The fraction of sp³-hybridized carbons (Fsp3) is 0.462. The van der Waals surface area contributed by atoms with Crippen molar-refractivity contribution >= 4 is 23.2 Å². The van der Waals surface area contributed by atoms with Crippen LogP contribution >= 0.6 is 11.6 Å². The maximum absolute atomic E-state index is 11.9. The lowest BCUT2D eigenvalue weighted by Crippen LogP contribution is -2.27. The number of rotatable bonds is 4. The lowest BCUT2D eigenvalue weighted by Gasteiger charge is -2.11. The van der Waals surface area contributed by atoms with Crippen LogP contribution in [-0.4, -0.2) is 25.2 Å². The van der Waals surface area contributed by atoms with E-state index in [4.69, 9.17) is 22.1 Å². The molecule has 98 valence electrons. The molecule has 4 nitrogen and oxygen atoms in total. The number of benzene rings is 1. The number of halogens is 1. The Morgan fingerprint density at radius 3 is 3.11 bits per heavy atom. The van der Waals surface area contributed by atoms with Crippen molar-refractivity contribution in [1.29, 1.82) is 0 Å². The summed E-state index contributed by atoms with van der Waals surface area (Å²) in [5.41, 5.74) is 6.60. The first-order valence-corrected chi connectivity index (χ1v) is 6.49. The molecule has 1 aliphatic rings. The summed E-state index contributed by atoms with van der Waals surface area (Å²) in [6.45, 7) is 1.43. The number of nitrogen functional groups attached to an aromatic ring is 1. The Bertz CT molecular complexity index is 431. The minimum absolute atomic E-state index is 0.187. The molecule has 5 heteroatoms. The van der Waals surface area contributed by atoms with E-state index in [0.29, 0.717) is 22.8 Å². The molecule has 0 radical (unpaired) electrons. The topological polar surface area (TPSA) is 64.4 Å². The van der Waals surface area contributed by atoms with Gasteiger partial charge in [-0.25, -0.2) is 0 Å². The molecule has 1 aromatic rings. The van der Waals surface area contributed by atoms with E-state index in [1.807, 2.05) is 0 Å². The summed E-state index contributed by atoms with van der Waals surface area (Å²) >= 11 is 5.84. The van der Waals surface area contributed by atoms with Crippen molar-refractivity contribution in [3.63, 3.8) is 0 Å². The molecule has 1 aliphatic heterocycles. The van der Waals surface area contributed by atoms with Gasteiger partial charge in [-0.3, -0.25) is 4.79 Å². The summed E-state index contributed by atoms with van der Waals surface area (Å²) < 4.78 is 5.49. The summed E-state index contributed by atoms with van der Waals surface area (Å²) in [6.07, 6.45) is 3.31. The zero-order valence-electron chi connectivity index (χ0n) is 10.1. The molecule has 1 aromatic carbocycles. The highest BCUT2D eigenvalue weighted by Gasteiger charge is 2.16. The number of ether oxygens (including phenoxy) is 1. The monoisotopic (exact) mass is 268 g/mol. The Balaban J connectivity index is 1.85. The van der Waals surface area contributed by atoms with Gasteiger partial charge in [0, 0.05) is 23.9 Å². The van der Waals surface area contributed by atoms with Crippen LogP contribution in [0.15, 0.2) is 18.2 Å². The predicted molar refractivity (Wildman–Crippen MR) is 71.8 cm³/mol. The van der Waals surface area contributed by atoms with E-state index in [1.165, 1.54) is 0 Å². The molecule has 0 bridgehead atoms. The molecule has 1 atom stereocenters. The molecule has 0 aromatic heterocycles. The van der Waals surface area contributed by atoms with Crippen LogP contribution in [0.25, 0.3) is 0 Å². The van der Waals surface area contributed by atoms with Crippen molar-refractivity contribution in [1.82, 2.24) is 5.32 Å². The second-order valence-corrected chi connectivity index (χ2v) is 4.85. The molecule has 0 spiro atoms. The first-order chi connectivity index (χ1) is 8.66. The molecule has 18 heavy (non-hydrogen) atoms. The lowest BCUT2D eigenvalue weighted by molar-refractivity contribution is 0.0908. The average molecular weight is 269 g/mol. The lowest BCUT2D eigenvalue weighted by atomic mass is 10.1. The molecular formula is C13H17ClN2O2. The SMILES string of the molecule is Nc1ccc(Cl)cc1C(=O)NCCC1CCCO1. The normalized spacial score (nSPS) is 18.8. The van der Waals surface area contributed by atoms with Crippen molar-refractivity contribution in [3.05, 3.63) is 28.8 Å². The number of carbonyl (C=O) groups excluding carboxylic acids is 1. The first-order valence-electron chi connectivity index (χ1n) is 6.11. The van der Waals surface area contributed by atoms with Crippen molar-refractivity contribution in [2.45, 2.75) is 25.4 Å². The number of nitrogens with two attached hydrogens (primary N) is 1. The van der Waals surface area contributed by atoms with Gasteiger partial charge in [-0.1, -0.05) is 11.6 Å². The van der Waals surface area contributed by atoms with E-state index in [2.05, 4.69) is 5.32 Å². The zero-order chi connectivity index (χ0) is 13.0. The molecule has 0 saturated carbocycles. The number of carbonyl (C=O) groups is 1. The highest BCUT2D eigenvalue weighted by molar-refractivity contribution is 6.31. The molecule has 1 amide bonds. The first kappa shape index (κ1) is 13.2. The Labute approximate surface area is 111 Å². The third-order valence-electron chi connectivity index (χ3n) is 3.04. The summed E-state index contributed by atoms with van der Waals surface area (Å²) in [6, 6.07) is 4.88. The number of hydrogen-bond donors (Lipinski definition) is 2. The van der Waals surface area contributed by atoms with E-state index < -0.39 is 0 Å². The summed E-state index contributed by atoms with van der Waals surface area (Å²) in [7, 11) is 0. The zero-order valence-corrected chi connectivity index (χ0v) is 10.9. The Kier molecular flexibility index (Phi) is 4.44. The molecule has 1 heterocycles. The van der Waals surface area contributed by atoms with Crippen LogP contribution in [-0.2, 0) is 4.74 Å². The minimum atomic E-state index is -0.187. The highest BCUT2D eigenvalue weighted by Crippen LogP contribution is 2.18. The van der Waals surface area contributed by atoms with E-state index in [9.17, 15) is 4.79 Å². The van der Waals surface area contributed by atoms with Crippen LogP contribution in [0.4, 0.5) is 5.69 Å². The second kappa shape index (κ2) is 6.07. The van der Waals surface area contributed by atoms with Gasteiger partial charge in [-0.15, -0.1) is 0 Å². The molecule has 1 saturated heterocycles. The number of hydrogen-bond acceptors (Lipinski definition) is 3. The Morgan fingerprint density at radius 1 is 1.56 bits per heavy atom. The Morgan fingerprint density at radius 2 is 2.39 bits per heavy atom. The predicted octanol–water partition coefficient (Wildman–Crippen LogP) is 2.22. The van der Waals surface area contributed by atoms with Crippen LogP contribution in [0.3, 0.4) is 0 Å². The standard InChI is InChI=1S/C13H17ClN2O2/c14-9-3-4-12(15)11(8-9)13(17)16-6-5-10-2-1-7-18-10/h3-4,8,10H,1-2,5-7,15H2,(H,16,17).